The van der Waals surface area contributed by atoms with E-state index in [1.807, 2.05) is 0 Å². The van der Waals surface area contributed by atoms with E-state index in [4.69, 9.17) is 11.6 Å². The second-order valence-electron chi connectivity index (χ2n) is 5.42. The lowest BCUT2D eigenvalue weighted by atomic mass is 10.2. The van der Waals surface area contributed by atoms with Crippen LogP contribution >= 0.6 is 11.6 Å². The van der Waals surface area contributed by atoms with Crippen LogP contribution in [0.1, 0.15) is 0 Å². The molecule has 1 saturated heterocycles. The molecular weight excluding hydrogens is 358 g/mol. The Morgan fingerprint density at radius 3 is 2.21 bits per heavy atom. The number of hydrogen-bond acceptors (Lipinski definition) is 3. The highest BCUT2D eigenvalue weighted by Gasteiger charge is 2.31. The van der Waals surface area contributed by atoms with Gasteiger partial charge in [-0.25, -0.2) is 17.2 Å². The lowest BCUT2D eigenvalue weighted by Crippen LogP contribution is -2.49. The van der Waals surface area contributed by atoms with Crippen molar-refractivity contribution in [2.45, 2.75) is 4.90 Å². The largest absolute Gasteiger partial charge is 0.367 e. The van der Waals surface area contributed by atoms with Crippen LogP contribution in [0, 0.1) is 11.6 Å². The van der Waals surface area contributed by atoms with Crippen LogP contribution in [0.5, 0.6) is 0 Å². The highest BCUT2D eigenvalue weighted by Crippen LogP contribution is 2.25. The summed E-state index contributed by atoms with van der Waals surface area (Å²) >= 11 is 5.66. The van der Waals surface area contributed by atoms with Gasteiger partial charge < -0.3 is 4.90 Å². The molecule has 0 atom stereocenters. The van der Waals surface area contributed by atoms with E-state index in [2.05, 4.69) is 0 Å². The third-order valence-corrected chi connectivity index (χ3v) is 6.11. The topological polar surface area (TPSA) is 40.6 Å². The Labute approximate surface area is 144 Å². The molecule has 1 aliphatic rings. The fourth-order valence-electron chi connectivity index (χ4n) is 2.70. The zero-order valence-electron chi connectivity index (χ0n) is 12.6. The van der Waals surface area contributed by atoms with Gasteiger partial charge >= 0.3 is 0 Å². The first-order chi connectivity index (χ1) is 11.4. The van der Waals surface area contributed by atoms with Crippen LogP contribution in [-0.4, -0.2) is 38.9 Å². The van der Waals surface area contributed by atoms with Crippen molar-refractivity contribution < 1.29 is 17.2 Å². The Hall–Kier alpha value is -1.70. The molecule has 2 aromatic carbocycles. The van der Waals surface area contributed by atoms with E-state index in [1.54, 1.807) is 23.1 Å². The lowest BCUT2D eigenvalue weighted by Gasteiger charge is -2.35. The number of sulfonamides is 1. The molecule has 4 nitrogen and oxygen atoms in total. The van der Waals surface area contributed by atoms with E-state index in [9.17, 15) is 17.2 Å². The van der Waals surface area contributed by atoms with E-state index in [0.717, 1.165) is 12.1 Å². The van der Waals surface area contributed by atoms with Crippen molar-refractivity contribution in [2.75, 3.05) is 31.1 Å². The molecule has 1 fully saturated rings. The summed E-state index contributed by atoms with van der Waals surface area (Å²) in [5.41, 5.74) is 0.437. The summed E-state index contributed by atoms with van der Waals surface area (Å²) in [6.07, 6.45) is 0. The van der Waals surface area contributed by atoms with Crippen molar-refractivity contribution in [3.05, 3.63) is 59.1 Å². The van der Waals surface area contributed by atoms with E-state index >= 15 is 0 Å². The van der Waals surface area contributed by atoms with Gasteiger partial charge in [0.15, 0.2) is 0 Å². The summed E-state index contributed by atoms with van der Waals surface area (Å²) in [6.45, 7) is 0.961. The smallest absolute Gasteiger partial charge is 0.246 e. The normalized spacial score (nSPS) is 16.4. The van der Waals surface area contributed by atoms with Gasteiger partial charge in [0.2, 0.25) is 10.0 Å². The van der Waals surface area contributed by atoms with Gasteiger partial charge in [0.05, 0.1) is 5.69 Å². The minimum absolute atomic E-state index is 0.135. The summed E-state index contributed by atoms with van der Waals surface area (Å²) in [4.78, 5) is 1.38. The number of halogens is 3. The summed E-state index contributed by atoms with van der Waals surface area (Å²) in [6, 6.07) is 9.82. The molecule has 0 bridgehead atoms. The number of piperazine rings is 1. The van der Waals surface area contributed by atoms with Gasteiger partial charge in [-0.1, -0.05) is 23.7 Å². The molecule has 0 spiro atoms. The molecule has 8 heteroatoms. The molecule has 1 heterocycles. The third kappa shape index (κ3) is 3.24. The van der Waals surface area contributed by atoms with Crippen LogP contribution in [0.4, 0.5) is 14.5 Å². The Balaban J connectivity index is 1.78. The average molecular weight is 373 g/mol. The Morgan fingerprint density at radius 2 is 1.58 bits per heavy atom. The van der Waals surface area contributed by atoms with E-state index in [1.165, 1.54) is 16.4 Å². The molecule has 128 valence electrons. The summed E-state index contributed by atoms with van der Waals surface area (Å²) < 4.78 is 54.1. The zero-order valence-corrected chi connectivity index (χ0v) is 14.2. The molecule has 0 unspecified atom stereocenters. The van der Waals surface area contributed by atoms with E-state index in [0.29, 0.717) is 18.8 Å². The quantitative estimate of drug-likeness (QED) is 0.831. The molecule has 0 aliphatic carbocycles. The fraction of sp³-hybridized carbons (Fsp3) is 0.250. The fourth-order valence-corrected chi connectivity index (χ4v) is 4.33. The maximum atomic E-state index is 13.9. The van der Waals surface area contributed by atoms with Crippen LogP contribution in [-0.2, 0) is 10.0 Å². The molecule has 1 aliphatic heterocycles. The molecule has 0 aromatic heterocycles. The SMILES string of the molecule is O=S(=O)(c1ccc(Cl)cc1F)N1CCN(c2ccccc2F)CC1. The number of nitrogens with zero attached hydrogens (tertiary/aromatic N) is 2. The van der Waals surface area contributed by atoms with Gasteiger partial charge in [-0.3, -0.25) is 0 Å². The average Bonchev–Trinajstić information content (AvgIpc) is 2.55. The summed E-state index contributed by atoms with van der Waals surface area (Å²) in [5, 5.41) is 0.135. The number of anilines is 1. The molecule has 2 aromatic rings. The first-order valence-corrected chi connectivity index (χ1v) is 9.16. The second kappa shape index (κ2) is 6.66. The minimum atomic E-state index is -3.95. The van der Waals surface area contributed by atoms with Gasteiger partial charge in [-0.05, 0) is 30.3 Å². The number of para-hydroxylation sites is 1. The molecule has 3 rings (SSSR count). The molecule has 0 N–H and O–H groups in total. The van der Waals surface area contributed by atoms with Crippen molar-refractivity contribution in [2.24, 2.45) is 0 Å². The Morgan fingerprint density at radius 1 is 0.917 bits per heavy atom. The van der Waals surface area contributed by atoms with Crippen molar-refractivity contribution >= 4 is 27.3 Å². The van der Waals surface area contributed by atoms with Crippen molar-refractivity contribution in [1.82, 2.24) is 4.31 Å². The second-order valence-corrected chi connectivity index (χ2v) is 7.76. The lowest BCUT2D eigenvalue weighted by molar-refractivity contribution is 0.381. The predicted octanol–water partition coefficient (Wildman–Crippen LogP) is 3.13. The van der Waals surface area contributed by atoms with Crippen LogP contribution < -0.4 is 4.90 Å². The minimum Gasteiger partial charge on any atom is -0.367 e. The van der Waals surface area contributed by atoms with Gasteiger partial charge in [0.25, 0.3) is 0 Å². The monoisotopic (exact) mass is 372 g/mol. The predicted molar refractivity (Wildman–Crippen MR) is 88.8 cm³/mol. The first-order valence-electron chi connectivity index (χ1n) is 7.34. The maximum Gasteiger partial charge on any atom is 0.246 e. The maximum absolute atomic E-state index is 13.9. The Kier molecular flexibility index (Phi) is 4.76. The number of benzene rings is 2. The van der Waals surface area contributed by atoms with Crippen molar-refractivity contribution in [3.8, 4) is 0 Å². The molecule has 0 saturated carbocycles. The van der Waals surface area contributed by atoms with Crippen LogP contribution in [0.3, 0.4) is 0 Å². The van der Waals surface area contributed by atoms with Gasteiger partial charge in [-0.15, -0.1) is 0 Å². The van der Waals surface area contributed by atoms with Gasteiger partial charge in [0, 0.05) is 31.2 Å². The standard InChI is InChI=1S/C16H15ClF2N2O2S/c17-12-5-6-16(14(19)11-12)24(22,23)21-9-7-20(8-10-21)15-4-2-1-3-13(15)18/h1-6,11H,7-10H2. The third-order valence-electron chi connectivity index (χ3n) is 3.94. The van der Waals surface area contributed by atoms with E-state index in [-0.39, 0.29) is 23.9 Å². The highest BCUT2D eigenvalue weighted by atomic mass is 35.5. The molecular formula is C16H15ClF2N2O2S. The van der Waals surface area contributed by atoms with E-state index < -0.39 is 20.7 Å². The van der Waals surface area contributed by atoms with Crippen molar-refractivity contribution in [3.63, 3.8) is 0 Å². The van der Waals surface area contributed by atoms with Crippen molar-refractivity contribution in [1.29, 1.82) is 0 Å². The Bertz CT molecular complexity index is 853. The molecule has 0 amide bonds. The summed E-state index contributed by atoms with van der Waals surface area (Å²) in [7, 11) is -3.95. The number of hydrogen-bond donors (Lipinski definition) is 0. The first kappa shape index (κ1) is 17.1. The molecule has 0 radical (unpaired) electrons. The van der Waals surface area contributed by atoms with Gasteiger partial charge in [-0.2, -0.15) is 4.31 Å². The zero-order chi connectivity index (χ0) is 17.3. The highest BCUT2D eigenvalue weighted by molar-refractivity contribution is 7.89. The van der Waals surface area contributed by atoms with Gasteiger partial charge in [0.1, 0.15) is 16.5 Å². The summed E-state index contributed by atoms with van der Waals surface area (Å²) in [5.74, 6) is -1.23. The van der Waals surface area contributed by atoms with Crippen LogP contribution in [0.2, 0.25) is 5.02 Å². The van der Waals surface area contributed by atoms with Crippen LogP contribution in [0.25, 0.3) is 0 Å². The number of rotatable bonds is 3. The van der Waals surface area contributed by atoms with Crippen LogP contribution in [0.15, 0.2) is 47.4 Å². The molecule has 24 heavy (non-hydrogen) atoms.